The van der Waals surface area contributed by atoms with Crippen LogP contribution < -0.4 is 5.32 Å². The predicted molar refractivity (Wildman–Crippen MR) is 66.2 cm³/mol. The third kappa shape index (κ3) is 4.18. The lowest BCUT2D eigenvalue weighted by Crippen LogP contribution is -2.50. The summed E-state index contributed by atoms with van der Waals surface area (Å²) in [7, 11) is 1.32. The Hall–Kier alpha value is -1.30. The van der Waals surface area contributed by atoms with Gasteiger partial charge in [-0.2, -0.15) is 0 Å². The van der Waals surface area contributed by atoms with Crippen molar-refractivity contribution in [3.63, 3.8) is 0 Å². The molecule has 0 aliphatic carbocycles. The van der Waals surface area contributed by atoms with Crippen molar-refractivity contribution in [2.75, 3.05) is 26.7 Å². The minimum absolute atomic E-state index is 0.395. The lowest BCUT2D eigenvalue weighted by molar-refractivity contribution is -0.146. The zero-order chi connectivity index (χ0) is 13.8. The molecule has 1 N–H and O–H groups in total. The molecule has 0 aromatic heterocycles. The third-order valence-electron chi connectivity index (χ3n) is 2.57. The lowest BCUT2D eigenvalue weighted by Gasteiger charge is -2.30. The van der Waals surface area contributed by atoms with Crippen LogP contribution in [0.3, 0.4) is 0 Å². The zero-order valence-electron chi connectivity index (χ0n) is 11.5. The number of carbonyl (C=O) groups excluding carboxylic acids is 2. The standard InChI is InChI=1S/C12H22N2O4/c1-12(2,3)18-11(16)14-7-5-6-13-8-9(14)10(15)17-4/h9,13H,5-8H2,1-4H3/t9-/m1/s1. The van der Waals surface area contributed by atoms with E-state index in [2.05, 4.69) is 5.32 Å². The maximum absolute atomic E-state index is 12.1. The summed E-state index contributed by atoms with van der Waals surface area (Å²) in [5, 5.41) is 3.11. The van der Waals surface area contributed by atoms with Crippen LogP contribution in [0, 0.1) is 0 Å². The monoisotopic (exact) mass is 258 g/mol. The molecule has 1 aliphatic rings. The van der Waals surface area contributed by atoms with Gasteiger partial charge in [-0.3, -0.25) is 4.90 Å². The molecule has 1 fully saturated rings. The number of methoxy groups -OCH3 is 1. The SMILES string of the molecule is COC(=O)[C@H]1CNCCCN1C(=O)OC(C)(C)C. The van der Waals surface area contributed by atoms with Crippen LogP contribution in [0.1, 0.15) is 27.2 Å². The molecule has 1 heterocycles. The highest BCUT2D eigenvalue weighted by Gasteiger charge is 2.34. The third-order valence-corrected chi connectivity index (χ3v) is 2.57. The van der Waals surface area contributed by atoms with Crippen LogP contribution in [0.4, 0.5) is 4.79 Å². The minimum atomic E-state index is -0.618. The number of nitrogens with one attached hydrogen (secondary N) is 1. The van der Waals surface area contributed by atoms with Gasteiger partial charge in [-0.1, -0.05) is 0 Å². The van der Waals surface area contributed by atoms with Crippen molar-refractivity contribution in [3.05, 3.63) is 0 Å². The highest BCUT2D eigenvalue weighted by atomic mass is 16.6. The Morgan fingerprint density at radius 2 is 2.00 bits per heavy atom. The van der Waals surface area contributed by atoms with E-state index in [0.29, 0.717) is 13.1 Å². The molecule has 0 aromatic rings. The van der Waals surface area contributed by atoms with Crippen molar-refractivity contribution >= 4 is 12.1 Å². The van der Waals surface area contributed by atoms with Crippen LogP contribution in [0.25, 0.3) is 0 Å². The summed E-state index contributed by atoms with van der Waals surface area (Å²) in [5.74, 6) is -0.421. The number of hydrogen-bond donors (Lipinski definition) is 1. The maximum Gasteiger partial charge on any atom is 0.411 e. The molecular weight excluding hydrogens is 236 g/mol. The van der Waals surface area contributed by atoms with Crippen LogP contribution in [0.5, 0.6) is 0 Å². The van der Waals surface area contributed by atoms with Gasteiger partial charge in [0.25, 0.3) is 0 Å². The van der Waals surface area contributed by atoms with Gasteiger partial charge in [0.1, 0.15) is 11.6 Å². The highest BCUT2D eigenvalue weighted by molar-refractivity contribution is 5.81. The summed E-state index contributed by atoms with van der Waals surface area (Å²) in [6, 6.07) is -0.618. The molecule has 18 heavy (non-hydrogen) atoms. The van der Waals surface area contributed by atoms with Crippen molar-refractivity contribution < 1.29 is 19.1 Å². The van der Waals surface area contributed by atoms with Gasteiger partial charge in [-0.15, -0.1) is 0 Å². The molecule has 0 unspecified atom stereocenters. The van der Waals surface area contributed by atoms with E-state index in [9.17, 15) is 9.59 Å². The average Bonchev–Trinajstić information content (AvgIpc) is 2.50. The minimum Gasteiger partial charge on any atom is -0.467 e. The van der Waals surface area contributed by atoms with E-state index < -0.39 is 23.7 Å². The summed E-state index contributed by atoms with van der Waals surface area (Å²) in [4.78, 5) is 25.2. The van der Waals surface area contributed by atoms with Gasteiger partial charge >= 0.3 is 12.1 Å². The fourth-order valence-corrected chi connectivity index (χ4v) is 1.76. The Morgan fingerprint density at radius 1 is 1.33 bits per heavy atom. The fraction of sp³-hybridized carbons (Fsp3) is 0.833. The summed E-state index contributed by atoms with van der Waals surface area (Å²) >= 11 is 0. The molecule has 1 atom stereocenters. The molecule has 1 aliphatic heterocycles. The van der Waals surface area contributed by atoms with Gasteiger partial charge in [0.15, 0.2) is 0 Å². The van der Waals surface area contributed by atoms with E-state index in [1.54, 1.807) is 20.8 Å². The molecule has 0 aromatic carbocycles. The van der Waals surface area contributed by atoms with Crippen molar-refractivity contribution in [1.82, 2.24) is 10.2 Å². The van der Waals surface area contributed by atoms with E-state index in [0.717, 1.165) is 13.0 Å². The molecule has 6 heteroatoms. The van der Waals surface area contributed by atoms with Crippen LogP contribution in [0.15, 0.2) is 0 Å². The number of esters is 1. The molecule has 0 saturated carbocycles. The van der Waals surface area contributed by atoms with Gasteiger partial charge < -0.3 is 14.8 Å². The smallest absolute Gasteiger partial charge is 0.411 e. The van der Waals surface area contributed by atoms with Crippen LogP contribution >= 0.6 is 0 Å². The summed E-state index contributed by atoms with van der Waals surface area (Å²) in [5.41, 5.74) is -0.572. The molecule has 0 spiro atoms. The van der Waals surface area contributed by atoms with Crippen molar-refractivity contribution in [1.29, 1.82) is 0 Å². The molecule has 6 nitrogen and oxygen atoms in total. The molecule has 104 valence electrons. The number of amides is 1. The Bertz CT molecular complexity index is 312. The van der Waals surface area contributed by atoms with Crippen molar-refractivity contribution in [2.24, 2.45) is 0 Å². The molecule has 1 rings (SSSR count). The van der Waals surface area contributed by atoms with E-state index in [1.165, 1.54) is 12.0 Å². The van der Waals surface area contributed by atoms with Crippen LogP contribution in [-0.2, 0) is 14.3 Å². The Kier molecular flexibility index (Phi) is 4.95. The van der Waals surface area contributed by atoms with Gasteiger partial charge in [0, 0.05) is 13.1 Å². The molecule has 0 bridgehead atoms. The van der Waals surface area contributed by atoms with Gasteiger partial charge in [-0.25, -0.2) is 9.59 Å². The first-order chi connectivity index (χ1) is 8.35. The number of rotatable bonds is 1. The molecule has 1 amide bonds. The van der Waals surface area contributed by atoms with Gasteiger partial charge in [-0.05, 0) is 33.7 Å². The van der Waals surface area contributed by atoms with Gasteiger partial charge in [0.2, 0.25) is 0 Å². The molecule has 0 radical (unpaired) electrons. The lowest BCUT2D eigenvalue weighted by atomic mass is 10.2. The van der Waals surface area contributed by atoms with Crippen molar-refractivity contribution in [3.8, 4) is 0 Å². The molecule has 1 saturated heterocycles. The topological polar surface area (TPSA) is 67.9 Å². The predicted octanol–water partition coefficient (Wildman–Crippen LogP) is 0.758. The maximum atomic E-state index is 12.1. The van der Waals surface area contributed by atoms with E-state index in [-0.39, 0.29) is 0 Å². The second-order valence-electron chi connectivity index (χ2n) is 5.27. The van der Waals surface area contributed by atoms with Crippen LogP contribution in [-0.4, -0.2) is 55.3 Å². The van der Waals surface area contributed by atoms with Crippen LogP contribution in [0.2, 0.25) is 0 Å². The second kappa shape index (κ2) is 6.04. The highest BCUT2D eigenvalue weighted by Crippen LogP contribution is 2.14. The Morgan fingerprint density at radius 3 is 2.56 bits per heavy atom. The first-order valence-electron chi connectivity index (χ1n) is 6.13. The van der Waals surface area contributed by atoms with E-state index >= 15 is 0 Å². The number of ether oxygens (including phenoxy) is 2. The Balaban J connectivity index is 2.79. The van der Waals surface area contributed by atoms with Gasteiger partial charge in [0.05, 0.1) is 7.11 Å². The normalized spacial score (nSPS) is 21.1. The number of nitrogens with zero attached hydrogens (tertiary/aromatic N) is 1. The second-order valence-corrected chi connectivity index (χ2v) is 5.27. The Labute approximate surface area is 108 Å². The zero-order valence-corrected chi connectivity index (χ0v) is 11.5. The van der Waals surface area contributed by atoms with Crippen molar-refractivity contribution in [2.45, 2.75) is 38.8 Å². The average molecular weight is 258 g/mol. The first kappa shape index (κ1) is 14.8. The largest absolute Gasteiger partial charge is 0.467 e. The molecular formula is C12H22N2O4. The van der Waals surface area contributed by atoms with E-state index in [4.69, 9.17) is 9.47 Å². The fourth-order valence-electron chi connectivity index (χ4n) is 1.76. The van der Waals surface area contributed by atoms with E-state index in [1.807, 2.05) is 0 Å². The summed E-state index contributed by atoms with van der Waals surface area (Å²) in [6.45, 7) is 7.05. The first-order valence-corrected chi connectivity index (χ1v) is 6.13. The number of hydrogen-bond acceptors (Lipinski definition) is 5. The summed E-state index contributed by atoms with van der Waals surface area (Å²) < 4.78 is 10.0. The number of carbonyl (C=O) groups is 2. The summed E-state index contributed by atoms with van der Waals surface area (Å²) in [6.07, 6.45) is 0.314. The quantitative estimate of drug-likeness (QED) is 0.703.